The molecule has 17 heavy (non-hydrogen) atoms. The highest BCUT2D eigenvalue weighted by Crippen LogP contribution is 2.36. The van der Waals surface area contributed by atoms with Crippen LogP contribution in [0.1, 0.15) is 26.3 Å². The van der Waals surface area contributed by atoms with Gasteiger partial charge in [0.25, 0.3) is 0 Å². The van der Waals surface area contributed by atoms with E-state index in [0.29, 0.717) is 23.1 Å². The van der Waals surface area contributed by atoms with E-state index in [1.165, 1.54) is 6.21 Å². The summed E-state index contributed by atoms with van der Waals surface area (Å²) in [4.78, 5) is 0. The van der Waals surface area contributed by atoms with E-state index in [1.807, 2.05) is 20.8 Å². The molecule has 0 spiro atoms. The summed E-state index contributed by atoms with van der Waals surface area (Å²) >= 11 is 6.14. The summed E-state index contributed by atoms with van der Waals surface area (Å²) < 4.78 is 11.1. The monoisotopic (exact) mass is 256 g/mol. The number of halogens is 1. The fourth-order valence-corrected chi connectivity index (χ4v) is 1.63. The Balaban J connectivity index is 3.17. The molecule has 94 valence electrons. The lowest BCUT2D eigenvalue weighted by molar-refractivity contribution is 0.224. The van der Waals surface area contributed by atoms with Crippen molar-refractivity contribution in [3.63, 3.8) is 0 Å². The fraction of sp³-hybridized carbons (Fsp3) is 0.417. The first kappa shape index (κ1) is 13.6. The van der Waals surface area contributed by atoms with Gasteiger partial charge in [-0.05, 0) is 38.5 Å². The Morgan fingerprint density at radius 2 is 2.18 bits per heavy atom. The summed E-state index contributed by atoms with van der Waals surface area (Å²) in [5.41, 5.74) is 0.775. The zero-order chi connectivity index (χ0) is 12.8. The van der Waals surface area contributed by atoms with Crippen molar-refractivity contribution >= 4 is 17.8 Å². The Labute approximate surface area is 106 Å². The maximum Gasteiger partial charge on any atom is 0.180 e. The van der Waals surface area contributed by atoms with Crippen molar-refractivity contribution in [2.75, 3.05) is 6.61 Å². The van der Waals surface area contributed by atoms with Gasteiger partial charge < -0.3 is 15.3 Å². The van der Waals surface area contributed by atoms with E-state index < -0.39 is 0 Å². The minimum Gasteiger partial charge on any atom is -0.490 e. The molecule has 0 unspecified atom stereocenters. The Hall–Kier alpha value is -1.42. The summed E-state index contributed by atoms with van der Waals surface area (Å²) in [6, 6.07) is 3.53. The van der Waals surface area contributed by atoms with Crippen LogP contribution in [0, 0.1) is 0 Å². The number of nitrogens with two attached hydrogens (primary N) is 1. The van der Waals surface area contributed by atoms with E-state index in [-0.39, 0.29) is 6.10 Å². The Bertz CT molecular complexity index is 406. The summed E-state index contributed by atoms with van der Waals surface area (Å²) in [5, 5.41) is 3.94. The van der Waals surface area contributed by atoms with Crippen LogP contribution in [0.5, 0.6) is 11.5 Å². The average Bonchev–Trinajstić information content (AvgIpc) is 2.23. The molecule has 4 nitrogen and oxygen atoms in total. The maximum atomic E-state index is 6.14. The molecule has 5 heteroatoms. The van der Waals surface area contributed by atoms with Crippen molar-refractivity contribution in [2.45, 2.75) is 26.9 Å². The van der Waals surface area contributed by atoms with E-state index in [1.54, 1.807) is 12.1 Å². The molecular formula is C12H17ClN2O2. The van der Waals surface area contributed by atoms with Crippen LogP contribution in [0.4, 0.5) is 0 Å². The smallest absolute Gasteiger partial charge is 0.180 e. The number of ether oxygens (including phenoxy) is 2. The van der Waals surface area contributed by atoms with Crippen molar-refractivity contribution < 1.29 is 9.47 Å². The van der Waals surface area contributed by atoms with Crippen LogP contribution < -0.4 is 15.3 Å². The lowest BCUT2D eigenvalue weighted by atomic mass is 10.2. The lowest BCUT2D eigenvalue weighted by Gasteiger charge is -2.16. The van der Waals surface area contributed by atoms with Crippen LogP contribution in [-0.2, 0) is 0 Å². The third-order valence-corrected chi connectivity index (χ3v) is 2.19. The number of benzene rings is 1. The van der Waals surface area contributed by atoms with E-state index >= 15 is 0 Å². The van der Waals surface area contributed by atoms with Gasteiger partial charge in [-0.3, -0.25) is 0 Å². The zero-order valence-electron chi connectivity index (χ0n) is 10.2. The van der Waals surface area contributed by atoms with Crippen molar-refractivity contribution in [3.8, 4) is 11.5 Å². The van der Waals surface area contributed by atoms with Crippen LogP contribution in [0.25, 0.3) is 0 Å². The summed E-state index contributed by atoms with van der Waals surface area (Å²) in [7, 11) is 0. The first-order valence-electron chi connectivity index (χ1n) is 5.44. The molecule has 0 aliphatic carbocycles. The third kappa shape index (κ3) is 3.82. The second kappa shape index (κ2) is 6.35. The van der Waals surface area contributed by atoms with Gasteiger partial charge >= 0.3 is 0 Å². The van der Waals surface area contributed by atoms with E-state index in [0.717, 1.165) is 5.56 Å². The Morgan fingerprint density at radius 3 is 2.71 bits per heavy atom. The Kier molecular flexibility index (Phi) is 5.10. The summed E-state index contributed by atoms with van der Waals surface area (Å²) in [6.45, 7) is 6.30. The molecule has 0 saturated carbocycles. The predicted molar refractivity (Wildman–Crippen MR) is 70.2 cm³/mol. The van der Waals surface area contributed by atoms with E-state index in [2.05, 4.69) is 5.10 Å². The SMILES string of the molecule is CCOc1cc(C=NN)cc(Cl)c1OC(C)C. The molecule has 0 heterocycles. The van der Waals surface area contributed by atoms with Crippen LogP contribution in [0.15, 0.2) is 17.2 Å². The normalized spacial score (nSPS) is 11.1. The van der Waals surface area contributed by atoms with Crippen LogP contribution in [-0.4, -0.2) is 18.9 Å². The average molecular weight is 257 g/mol. The minimum absolute atomic E-state index is 0.0285. The minimum atomic E-state index is 0.0285. The summed E-state index contributed by atoms with van der Waals surface area (Å²) in [5.74, 6) is 6.26. The van der Waals surface area contributed by atoms with Gasteiger partial charge in [0.05, 0.1) is 23.9 Å². The number of hydrogen-bond acceptors (Lipinski definition) is 4. The maximum absolute atomic E-state index is 6.14. The molecule has 0 saturated heterocycles. The van der Waals surface area contributed by atoms with Gasteiger partial charge in [0.15, 0.2) is 11.5 Å². The quantitative estimate of drug-likeness (QED) is 0.501. The van der Waals surface area contributed by atoms with Gasteiger partial charge in [-0.2, -0.15) is 5.10 Å². The van der Waals surface area contributed by atoms with Crippen LogP contribution in [0.2, 0.25) is 5.02 Å². The standard InChI is InChI=1S/C12H17ClN2O2/c1-4-16-11-6-9(7-15-14)5-10(13)12(11)17-8(2)3/h5-8H,4,14H2,1-3H3. The largest absolute Gasteiger partial charge is 0.490 e. The second-order valence-electron chi connectivity index (χ2n) is 3.71. The lowest BCUT2D eigenvalue weighted by Crippen LogP contribution is -2.08. The molecule has 2 N–H and O–H groups in total. The molecule has 0 aliphatic heterocycles. The topological polar surface area (TPSA) is 56.8 Å². The van der Waals surface area contributed by atoms with Crippen molar-refractivity contribution in [1.29, 1.82) is 0 Å². The van der Waals surface area contributed by atoms with Gasteiger partial charge in [-0.1, -0.05) is 11.6 Å². The first-order chi connectivity index (χ1) is 8.08. The molecule has 0 atom stereocenters. The highest BCUT2D eigenvalue weighted by atomic mass is 35.5. The van der Waals surface area contributed by atoms with Gasteiger partial charge in [0.1, 0.15) is 0 Å². The van der Waals surface area contributed by atoms with Crippen molar-refractivity contribution in [3.05, 3.63) is 22.7 Å². The molecular weight excluding hydrogens is 240 g/mol. The fourth-order valence-electron chi connectivity index (χ4n) is 1.36. The highest BCUT2D eigenvalue weighted by molar-refractivity contribution is 6.32. The molecule has 0 fully saturated rings. The van der Waals surface area contributed by atoms with Crippen molar-refractivity contribution in [2.24, 2.45) is 10.9 Å². The third-order valence-electron chi connectivity index (χ3n) is 1.91. The second-order valence-corrected chi connectivity index (χ2v) is 4.11. The van der Waals surface area contributed by atoms with Gasteiger partial charge in [0, 0.05) is 0 Å². The van der Waals surface area contributed by atoms with Crippen molar-refractivity contribution in [1.82, 2.24) is 0 Å². The molecule has 1 rings (SSSR count). The predicted octanol–water partition coefficient (Wildman–Crippen LogP) is 2.82. The first-order valence-corrected chi connectivity index (χ1v) is 5.82. The number of hydrazone groups is 1. The zero-order valence-corrected chi connectivity index (χ0v) is 11.0. The van der Waals surface area contributed by atoms with E-state index in [9.17, 15) is 0 Å². The number of hydrogen-bond donors (Lipinski definition) is 1. The summed E-state index contributed by atoms with van der Waals surface area (Å²) in [6.07, 6.45) is 1.54. The van der Waals surface area contributed by atoms with Gasteiger partial charge in [-0.25, -0.2) is 0 Å². The number of rotatable bonds is 5. The van der Waals surface area contributed by atoms with Crippen LogP contribution in [0.3, 0.4) is 0 Å². The highest BCUT2D eigenvalue weighted by Gasteiger charge is 2.13. The molecule has 0 aromatic heterocycles. The molecule has 0 aliphatic rings. The van der Waals surface area contributed by atoms with Crippen LogP contribution >= 0.6 is 11.6 Å². The molecule has 0 amide bonds. The molecule has 1 aromatic rings. The molecule has 0 radical (unpaired) electrons. The molecule has 1 aromatic carbocycles. The van der Waals surface area contributed by atoms with E-state index in [4.69, 9.17) is 26.9 Å². The Morgan fingerprint density at radius 1 is 1.47 bits per heavy atom. The number of nitrogens with zero attached hydrogens (tertiary/aromatic N) is 1. The van der Waals surface area contributed by atoms with Gasteiger partial charge in [-0.15, -0.1) is 0 Å². The van der Waals surface area contributed by atoms with Gasteiger partial charge in [0.2, 0.25) is 0 Å². The molecule has 0 bridgehead atoms.